The van der Waals surface area contributed by atoms with Crippen LogP contribution in [0.25, 0.3) is 0 Å². The molecule has 1 N–H and O–H groups in total. The summed E-state index contributed by atoms with van der Waals surface area (Å²) in [5.74, 6) is 1.46. The molecule has 0 unspecified atom stereocenters. The number of hydrogen-bond acceptors (Lipinski definition) is 2. The molecule has 0 radical (unpaired) electrons. The molecule has 0 bridgehead atoms. The zero-order chi connectivity index (χ0) is 14.6. The number of methoxy groups -OCH3 is 1. The maximum Gasteiger partial charge on any atom is 0.220 e. The molecule has 3 nitrogen and oxygen atoms in total. The molecule has 0 atom stereocenters. The van der Waals surface area contributed by atoms with Crippen molar-refractivity contribution in [3.05, 3.63) is 29.8 Å². The number of carbonyl (C=O) groups is 1. The second kappa shape index (κ2) is 6.29. The number of carbonyl (C=O) groups excluding carboxylic acids is 1. The first-order chi connectivity index (χ1) is 9.55. The third-order valence-electron chi connectivity index (χ3n) is 4.23. The number of nitrogens with one attached hydrogen (secondary N) is 1. The standard InChI is InChI=1S/C17H25NO2/c1-13(2)11-16(19)18-12-17(9-4-10-17)14-5-7-15(20-3)8-6-14/h5-8,13H,4,9-12H2,1-3H3,(H,18,19). The Morgan fingerprint density at radius 3 is 2.40 bits per heavy atom. The third kappa shape index (κ3) is 3.33. The molecule has 0 aliphatic heterocycles. The van der Waals surface area contributed by atoms with Crippen molar-refractivity contribution in [2.45, 2.75) is 44.9 Å². The van der Waals surface area contributed by atoms with Crippen molar-refractivity contribution in [3.8, 4) is 5.75 Å². The zero-order valence-electron chi connectivity index (χ0n) is 12.7. The molecule has 3 heteroatoms. The fourth-order valence-electron chi connectivity index (χ4n) is 2.83. The van der Waals surface area contributed by atoms with E-state index in [1.165, 1.54) is 12.0 Å². The van der Waals surface area contributed by atoms with Gasteiger partial charge in [0, 0.05) is 18.4 Å². The first-order valence-electron chi connectivity index (χ1n) is 7.47. The van der Waals surface area contributed by atoms with E-state index in [4.69, 9.17) is 4.74 Å². The summed E-state index contributed by atoms with van der Waals surface area (Å²) in [5.41, 5.74) is 1.45. The van der Waals surface area contributed by atoms with E-state index in [9.17, 15) is 4.79 Å². The minimum Gasteiger partial charge on any atom is -0.497 e. The minimum atomic E-state index is 0.138. The number of hydrogen-bond donors (Lipinski definition) is 1. The summed E-state index contributed by atoms with van der Waals surface area (Å²) in [6.45, 7) is 4.90. The summed E-state index contributed by atoms with van der Waals surface area (Å²) < 4.78 is 5.21. The monoisotopic (exact) mass is 275 g/mol. The average Bonchev–Trinajstić information content (AvgIpc) is 2.37. The van der Waals surface area contributed by atoms with Gasteiger partial charge in [-0.2, -0.15) is 0 Å². The molecule has 0 spiro atoms. The maximum absolute atomic E-state index is 11.8. The van der Waals surface area contributed by atoms with Gasteiger partial charge in [0.25, 0.3) is 0 Å². The number of benzene rings is 1. The van der Waals surface area contributed by atoms with Crippen molar-refractivity contribution in [3.63, 3.8) is 0 Å². The van der Waals surface area contributed by atoms with E-state index in [-0.39, 0.29) is 11.3 Å². The number of amides is 1. The highest BCUT2D eigenvalue weighted by atomic mass is 16.5. The van der Waals surface area contributed by atoms with E-state index in [1.807, 2.05) is 12.1 Å². The van der Waals surface area contributed by atoms with Crippen LogP contribution >= 0.6 is 0 Å². The molecule has 110 valence electrons. The quantitative estimate of drug-likeness (QED) is 0.865. The minimum absolute atomic E-state index is 0.138. The fourth-order valence-corrected chi connectivity index (χ4v) is 2.83. The predicted octanol–water partition coefficient (Wildman–Crippen LogP) is 3.28. The normalized spacial score (nSPS) is 16.6. The van der Waals surface area contributed by atoms with E-state index >= 15 is 0 Å². The Morgan fingerprint density at radius 1 is 1.30 bits per heavy atom. The Bertz CT molecular complexity index is 447. The zero-order valence-corrected chi connectivity index (χ0v) is 12.7. The maximum atomic E-state index is 11.8. The van der Waals surface area contributed by atoms with Gasteiger partial charge in [-0.25, -0.2) is 0 Å². The van der Waals surface area contributed by atoms with Crippen molar-refractivity contribution in [2.75, 3.05) is 13.7 Å². The summed E-state index contributed by atoms with van der Waals surface area (Å²) in [6.07, 6.45) is 4.16. The molecule has 1 amide bonds. The van der Waals surface area contributed by atoms with Gasteiger partial charge < -0.3 is 10.1 Å². The van der Waals surface area contributed by atoms with Crippen LogP contribution < -0.4 is 10.1 Å². The summed E-state index contributed by atoms with van der Waals surface area (Å²) in [7, 11) is 1.68. The van der Waals surface area contributed by atoms with Gasteiger partial charge >= 0.3 is 0 Å². The van der Waals surface area contributed by atoms with Crippen LogP contribution in [0.1, 0.15) is 45.1 Å². The van der Waals surface area contributed by atoms with Crippen molar-refractivity contribution in [1.29, 1.82) is 0 Å². The Morgan fingerprint density at radius 2 is 1.95 bits per heavy atom. The molecule has 20 heavy (non-hydrogen) atoms. The Labute approximate surface area is 121 Å². The molecule has 1 aromatic carbocycles. The van der Waals surface area contributed by atoms with Gasteiger partial charge in [-0.05, 0) is 36.5 Å². The fraction of sp³-hybridized carbons (Fsp3) is 0.588. The highest BCUT2D eigenvalue weighted by Gasteiger charge is 2.38. The Balaban J connectivity index is 2.00. The average molecular weight is 275 g/mol. The largest absolute Gasteiger partial charge is 0.497 e. The SMILES string of the molecule is COc1ccc(C2(CNC(=O)CC(C)C)CCC2)cc1. The van der Waals surface area contributed by atoms with Crippen LogP contribution in [-0.4, -0.2) is 19.6 Å². The first-order valence-corrected chi connectivity index (χ1v) is 7.47. The van der Waals surface area contributed by atoms with E-state index in [0.717, 1.165) is 25.1 Å². The summed E-state index contributed by atoms with van der Waals surface area (Å²) in [4.78, 5) is 11.8. The van der Waals surface area contributed by atoms with Gasteiger partial charge in [0.2, 0.25) is 5.91 Å². The molecule has 0 aromatic heterocycles. The molecular formula is C17H25NO2. The van der Waals surface area contributed by atoms with E-state index in [1.54, 1.807) is 7.11 Å². The van der Waals surface area contributed by atoms with Gasteiger partial charge in [-0.3, -0.25) is 4.79 Å². The smallest absolute Gasteiger partial charge is 0.220 e. The lowest BCUT2D eigenvalue weighted by atomic mass is 9.64. The van der Waals surface area contributed by atoms with Crippen LogP contribution in [0.3, 0.4) is 0 Å². The lowest BCUT2D eigenvalue weighted by Crippen LogP contribution is -2.45. The van der Waals surface area contributed by atoms with Gasteiger partial charge in [0.1, 0.15) is 5.75 Å². The van der Waals surface area contributed by atoms with Crippen LogP contribution in [0.2, 0.25) is 0 Å². The van der Waals surface area contributed by atoms with Crippen LogP contribution in [-0.2, 0) is 10.2 Å². The highest BCUT2D eigenvalue weighted by Crippen LogP contribution is 2.43. The van der Waals surface area contributed by atoms with Gasteiger partial charge in [0.15, 0.2) is 0 Å². The molecule has 1 fully saturated rings. The summed E-state index contributed by atoms with van der Waals surface area (Å²) in [6, 6.07) is 8.27. The van der Waals surface area contributed by atoms with Crippen LogP contribution in [0.5, 0.6) is 5.75 Å². The van der Waals surface area contributed by atoms with Crippen LogP contribution in [0, 0.1) is 5.92 Å². The lowest BCUT2D eigenvalue weighted by molar-refractivity contribution is -0.122. The van der Waals surface area contributed by atoms with Gasteiger partial charge in [-0.1, -0.05) is 32.4 Å². The van der Waals surface area contributed by atoms with Crippen molar-refractivity contribution in [1.82, 2.24) is 5.32 Å². The summed E-state index contributed by atoms with van der Waals surface area (Å²) in [5, 5.41) is 3.11. The van der Waals surface area contributed by atoms with E-state index in [2.05, 4.69) is 31.3 Å². The first kappa shape index (κ1) is 14.9. The second-order valence-electron chi connectivity index (χ2n) is 6.24. The molecule has 1 aromatic rings. The highest BCUT2D eigenvalue weighted by molar-refractivity contribution is 5.76. The molecule has 1 aliphatic rings. The Kier molecular flexibility index (Phi) is 4.69. The van der Waals surface area contributed by atoms with Gasteiger partial charge in [0.05, 0.1) is 7.11 Å². The van der Waals surface area contributed by atoms with Crippen molar-refractivity contribution in [2.24, 2.45) is 5.92 Å². The molecule has 1 saturated carbocycles. The topological polar surface area (TPSA) is 38.3 Å². The lowest BCUT2D eigenvalue weighted by Gasteiger charge is -2.42. The molecule has 2 rings (SSSR count). The predicted molar refractivity (Wildman–Crippen MR) is 81.0 cm³/mol. The van der Waals surface area contributed by atoms with E-state index < -0.39 is 0 Å². The van der Waals surface area contributed by atoms with Crippen LogP contribution in [0.4, 0.5) is 0 Å². The molecule has 1 aliphatic carbocycles. The van der Waals surface area contributed by atoms with Gasteiger partial charge in [-0.15, -0.1) is 0 Å². The summed E-state index contributed by atoms with van der Waals surface area (Å²) >= 11 is 0. The van der Waals surface area contributed by atoms with Crippen molar-refractivity contribution < 1.29 is 9.53 Å². The number of rotatable bonds is 6. The Hall–Kier alpha value is -1.51. The molecule has 0 saturated heterocycles. The second-order valence-corrected chi connectivity index (χ2v) is 6.24. The molecular weight excluding hydrogens is 250 g/mol. The van der Waals surface area contributed by atoms with Crippen molar-refractivity contribution >= 4 is 5.91 Å². The van der Waals surface area contributed by atoms with Crippen LogP contribution in [0.15, 0.2) is 24.3 Å². The number of ether oxygens (including phenoxy) is 1. The molecule has 0 heterocycles. The third-order valence-corrected chi connectivity index (χ3v) is 4.23. The van der Waals surface area contributed by atoms with E-state index in [0.29, 0.717) is 12.3 Å².